The maximum Gasteiger partial charge on any atom is 0.251 e. The van der Waals surface area contributed by atoms with Gasteiger partial charge in [0.05, 0.1) is 0 Å². The standard InChI is InChI=1S/C12H17BrN2O.ClH/c1-8-4-5-10(13)6-11(8)12(16)15-7-9(2)14-3;/h4-6,9,14H,7H2,1-3H3,(H,15,16);1H. The number of rotatable bonds is 4. The molecule has 1 amide bonds. The van der Waals surface area contributed by atoms with Crippen LogP contribution >= 0.6 is 28.3 Å². The minimum atomic E-state index is -0.0269. The Kier molecular flexibility index (Phi) is 7.43. The molecule has 0 aliphatic heterocycles. The molecule has 1 rings (SSSR count). The fourth-order valence-corrected chi connectivity index (χ4v) is 1.64. The summed E-state index contributed by atoms with van der Waals surface area (Å²) in [6.45, 7) is 4.58. The Morgan fingerprint density at radius 1 is 1.47 bits per heavy atom. The van der Waals surface area contributed by atoms with Crippen LogP contribution in [0.1, 0.15) is 22.8 Å². The lowest BCUT2D eigenvalue weighted by Gasteiger charge is -2.12. The van der Waals surface area contributed by atoms with E-state index in [1.165, 1.54) is 0 Å². The number of carbonyl (C=O) groups is 1. The van der Waals surface area contributed by atoms with Gasteiger partial charge in [0.1, 0.15) is 0 Å². The van der Waals surface area contributed by atoms with Crippen molar-refractivity contribution in [2.75, 3.05) is 13.6 Å². The molecule has 1 aromatic carbocycles. The highest BCUT2D eigenvalue weighted by Crippen LogP contribution is 2.15. The maximum atomic E-state index is 11.9. The average Bonchev–Trinajstić information content (AvgIpc) is 2.28. The lowest BCUT2D eigenvalue weighted by atomic mass is 10.1. The van der Waals surface area contributed by atoms with Crippen molar-refractivity contribution in [3.8, 4) is 0 Å². The molecule has 0 aromatic heterocycles. The zero-order valence-electron chi connectivity index (χ0n) is 10.2. The van der Waals surface area contributed by atoms with E-state index in [0.717, 1.165) is 15.6 Å². The summed E-state index contributed by atoms with van der Waals surface area (Å²) in [5.74, 6) is -0.0269. The van der Waals surface area contributed by atoms with E-state index in [-0.39, 0.29) is 24.4 Å². The number of benzene rings is 1. The van der Waals surface area contributed by atoms with Crippen molar-refractivity contribution in [2.45, 2.75) is 19.9 Å². The van der Waals surface area contributed by atoms with Crippen LogP contribution in [0.2, 0.25) is 0 Å². The number of nitrogens with one attached hydrogen (secondary N) is 2. The molecule has 0 aliphatic carbocycles. The fraction of sp³-hybridized carbons (Fsp3) is 0.417. The molecule has 5 heteroatoms. The van der Waals surface area contributed by atoms with Crippen LogP contribution in [-0.4, -0.2) is 25.5 Å². The quantitative estimate of drug-likeness (QED) is 0.895. The van der Waals surface area contributed by atoms with Gasteiger partial charge in [0.25, 0.3) is 5.91 Å². The molecule has 96 valence electrons. The number of halogens is 2. The lowest BCUT2D eigenvalue weighted by Crippen LogP contribution is -2.37. The van der Waals surface area contributed by atoms with Crippen LogP contribution in [0.25, 0.3) is 0 Å². The molecule has 0 fully saturated rings. The third kappa shape index (κ3) is 5.06. The molecule has 0 spiro atoms. The van der Waals surface area contributed by atoms with Gasteiger partial charge in [0.15, 0.2) is 0 Å². The predicted octanol–water partition coefficient (Wildman–Crippen LogP) is 2.52. The maximum absolute atomic E-state index is 11.9. The molecule has 0 heterocycles. The van der Waals surface area contributed by atoms with Crippen LogP contribution in [0.4, 0.5) is 0 Å². The largest absolute Gasteiger partial charge is 0.350 e. The molecule has 17 heavy (non-hydrogen) atoms. The van der Waals surface area contributed by atoms with Crippen molar-refractivity contribution in [1.29, 1.82) is 0 Å². The van der Waals surface area contributed by atoms with E-state index in [1.807, 2.05) is 39.1 Å². The van der Waals surface area contributed by atoms with E-state index >= 15 is 0 Å². The second-order valence-corrected chi connectivity index (χ2v) is 4.77. The van der Waals surface area contributed by atoms with Gasteiger partial charge in [-0.3, -0.25) is 4.79 Å². The minimum Gasteiger partial charge on any atom is -0.350 e. The third-order valence-corrected chi connectivity index (χ3v) is 3.00. The average molecular weight is 322 g/mol. The van der Waals surface area contributed by atoms with E-state index < -0.39 is 0 Å². The Morgan fingerprint density at radius 2 is 2.12 bits per heavy atom. The van der Waals surface area contributed by atoms with Gasteiger partial charge in [0.2, 0.25) is 0 Å². The number of aryl methyl sites for hydroxylation is 1. The van der Waals surface area contributed by atoms with E-state index in [2.05, 4.69) is 26.6 Å². The van der Waals surface area contributed by atoms with Gasteiger partial charge in [-0.1, -0.05) is 22.0 Å². The van der Waals surface area contributed by atoms with Crippen molar-refractivity contribution < 1.29 is 4.79 Å². The highest BCUT2D eigenvalue weighted by atomic mass is 79.9. The van der Waals surface area contributed by atoms with Crippen LogP contribution in [0, 0.1) is 6.92 Å². The van der Waals surface area contributed by atoms with Gasteiger partial charge in [-0.05, 0) is 38.6 Å². The molecule has 3 nitrogen and oxygen atoms in total. The molecule has 0 aliphatic rings. The van der Waals surface area contributed by atoms with Crippen molar-refractivity contribution >= 4 is 34.2 Å². The molecule has 1 aromatic rings. The molecule has 0 saturated carbocycles. The fourth-order valence-electron chi connectivity index (χ4n) is 1.28. The molecular formula is C12H18BrClN2O. The minimum absolute atomic E-state index is 0. The van der Waals surface area contributed by atoms with Gasteiger partial charge in [-0.2, -0.15) is 0 Å². The number of amides is 1. The Balaban J connectivity index is 0.00000256. The molecule has 0 radical (unpaired) electrons. The van der Waals surface area contributed by atoms with Crippen molar-refractivity contribution in [2.24, 2.45) is 0 Å². The summed E-state index contributed by atoms with van der Waals surface area (Å²) in [5, 5.41) is 5.97. The Hall–Kier alpha value is -0.580. The first-order chi connectivity index (χ1) is 7.54. The van der Waals surface area contributed by atoms with Crippen LogP contribution < -0.4 is 10.6 Å². The number of hydrogen-bond donors (Lipinski definition) is 2. The zero-order valence-corrected chi connectivity index (χ0v) is 12.6. The number of likely N-dealkylation sites (N-methyl/N-ethyl adjacent to an activating group) is 1. The second kappa shape index (κ2) is 7.69. The molecular weight excluding hydrogens is 304 g/mol. The molecule has 1 atom stereocenters. The second-order valence-electron chi connectivity index (χ2n) is 3.86. The van der Waals surface area contributed by atoms with Gasteiger partial charge < -0.3 is 10.6 Å². The lowest BCUT2D eigenvalue weighted by molar-refractivity contribution is 0.0950. The normalized spacial score (nSPS) is 11.5. The van der Waals surface area contributed by atoms with Crippen LogP contribution in [0.3, 0.4) is 0 Å². The van der Waals surface area contributed by atoms with Crippen molar-refractivity contribution in [3.05, 3.63) is 33.8 Å². The molecule has 0 bridgehead atoms. The van der Waals surface area contributed by atoms with Gasteiger partial charge in [0, 0.05) is 22.6 Å². The highest BCUT2D eigenvalue weighted by Gasteiger charge is 2.09. The van der Waals surface area contributed by atoms with Crippen LogP contribution in [0.5, 0.6) is 0 Å². The third-order valence-electron chi connectivity index (χ3n) is 2.51. The number of carbonyl (C=O) groups excluding carboxylic acids is 1. The van der Waals surface area contributed by atoms with E-state index in [4.69, 9.17) is 0 Å². The Bertz CT molecular complexity index is 385. The van der Waals surface area contributed by atoms with Crippen LogP contribution in [0.15, 0.2) is 22.7 Å². The summed E-state index contributed by atoms with van der Waals surface area (Å²) in [6, 6.07) is 5.98. The van der Waals surface area contributed by atoms with E-state index in [9.17, 15) is 4.79 Å². The van der Waals surface area contributed by atoms with Gasteiger partial charge in [-0.25, -0.2) is 0 Å². The van der Waals surface area contributed by atoms with E-state index in [1.54, 1.807) is 0 Å². The monoisotopic (exact) mass is 320 g/mol. The highest BCUT2D eigenvalue weighted by molar-refractivity contribution is 9.10. The zero-order chi connectivity index (χ0) is 12.1. The Morgan fingerprint density at radius 3 is 2.71 bits per heavy atom. The van der Waals surface area contributed by atoms with Crippen molar-refractivity contribution in [3.63, 3.8) is 0 Å². The number of hydrogen-bond acceptors (Lipinski definition) is 2. The summed E-state index contributed by atoms with van der Waals surface area (Å²) in [4.78, 5) is 11.9. The summed E-state index contributed by atoms with van der Waals surface area (Å²) >= 11 is 3.37. The van der Waals surface area contributed by atoms with Crippen LogP contribution in [-0.2, 0) is 0 Å². The molecule has 0 saturated heterocycles. The SMILES string of the molecule is CNC(C)CNC(=O)c1cc(Br)ccc1C.Cl. The topological polar surface area (TPSA) is 41.1 Å². The first-order valence-electron chi connectivity index (χ1n) is 5.26. The Labute approximate surface area is 117 Å². The summed E-state index contributed by atoms with van der Waals surface area (Å²) in [5.41, 5.74) is 1.70. The summed E-state index contributed by atoms with van der Waals surface area (Å²) in [7, 11) is 1.88. The molecule has 1 unspecified atom stereocenters. The summed E-state index contributed by atoms with van der Waals surface area (Å²) < 4.78 is 0.921. The van der Waals surface area contributed by atoms with Crippen molar-refractivity contribution in [1.82, 2.24) is 10.6 Å². The molecule has 2 N–H and O–H groups in total. The first-order valence-corrected chi connectivity index (χ1v) is 6.05. The van der Waals surface area contributed by atoms with Gasteiger partial charge >= 0.3 is 0 Å². The summed E-state index contributed by atoms with van der Waals surface area (Å²) in [6.07, 6.45) is 0. The van der Waals surface area contributed by atoms with Gasteiger partial charge in [-0.15, -0.1) is 12.4 Å². The smallest absolute Gasteiger partial charge is 0.251 e. The predicted molar refractivity (Wildman–Crippen MR) is 77.0 cm³/mol. The van der Waals surface area contributed by atoms with E-state index in [0.29, 0.717) is 6.54 Å². The first kappa shape index (κ1) is 16.4.